The summed E-state index contributed by atoms with van der Waals surface area (Å²) in [4.78, 5) is 14.0. The first kappa shape index (κ1) is 32.5. The van der Waals surface area contributed by atoms with Crippen molar-refractivity contribution in [1.29, 1.82) is 0 Å². The zero-order valence-electron chi connectivity index (χ0n) is 26.4. The number of carbonyl (C=O) groups excluding carboxylic acids is 1. The monoisotopic (exact) mass is 601 g/mol. The second-order valence-electron chi connectivity index (χ2n) is 13.0. The molecule has 0 aromatic heterocycles. The van der Waals surface area contributed by atoms with Crippen molar-refractivity contribution in [2.75, 3.05) is 25.1 Å². The van der Waals surface area contributed by atoms with Gasteiger partial charge in [-0.2, -0.15) is 0 Å². The third-order valence-corrected chi connectivity index (χ3v) is 8.47. The van der Waals surface area contributed by atoms with Crippen LogP contribution in [0.3, 0.4) is 0 Å². The highest BCUT2D eigenvalue weighted by Gasteiger charge is 2.36. The van der Waals surface area contributed by atoms with Gasteiger partial charge in [-0.25, -0.2) is 0 Å². The van der Waals surface area contributed by atoms with Crippen LogP contribution in [-0.4, -0.2) is 30.8 Å². The van der Waals surface area contributed by atoms with E-state index in [-0.39, 0.29) is 11.3 Å². The molecule has 0 saturated heterocycles. The van der Waals surface area contributed by atoms with Gasteiger partial charge < -0.3 is 19.5 Å². The highest BCUT2D eigenvalue weighted by molar-refractivity contribution is 7.80. The lowest BCUT2D eigenvalue weighted by Gasteiger charge is -2.30. The maximum absolute atomic E-state index is 14.0. The van der Waals surface area contributed by atoms with Crippen LogP contribution in [0, 0.1) is 5.92 Å². The fourth-order valence-electron chi connectivity index (χ4n) is 5.58. The number of anilines is 1. The maximum Gasteiger partial charge on any atom is 0.235 e. The molecule has 1 N–H and O–H groups in total. The van der Waals surface area contributed by atoms with E-state index in [0.717, 1.165) is 34.9 Å². The molecular formula is C37H47NO4S. The van der Waals surface area contributed by atoms with Crippen molar-refractivity contribution in [1.82, 2.24) is 0 Å². The van der Waals surface area contributed by atoms with Crippen LogP contribution >= 0.6 is 12.2 Å². The second-order valence-corrected chi connectivity index (χ2v) is 13.5. The second kappa shape index (κ2) is 14.9. The highest BCUT2D eigenvalue weighted by Crippen LogP contribution is 2.33. The van der Waals surface area contributed by atoms with Crippen molar-refractivity contribution in [2.24, 2.45) is 5.92 Å². The molecule has 3 aromatic carbocycles. The molecule has 4 rings (SSSR count). The standard InChI is InChI=1S/C37H47NO4S/c1-27(43)40-23-24-41-33-19-11-28(12-20-33)25-37(5,31-15-13-30(14-16-31)36(2,3)4)35(39)38-32-17-21-34(22-18-32)42-26-29-9-7-6-8-10-29/h11-22,29H,6-10,23-26H2,1-5H3,(H,38,39)/t37-/m0/s1. The van der Waals surface area contributed by atoms with Crippen LogP contribution in [0.5, 0.6) is 11.5 Å². The number of amides is 1. The summed E-state index contributed by atoms with van der Waals surface area (Å²) in [7, 11) is 0. The Kier molecular flexibility index (Phi) is 11.3. The number of hydrogen-bond donors (Lipinski definition) is 1. The van der Waals surface area contributed by atoms with Crippen LogP contribution < -0.4 is 14.8 Å². The van der Waals surface area contributed by atoms with Crippen LogP contribution in [-0.2, 0) is 26.8 Å². The molecule has 1 saturated carbocycles. The minimum Gasteiger partial charge on any atom is -0.493 e. The van der Waals surface area contributed by atoms with Crippen molar-refractivity contribution in [3.05, 3.63) is 89.5 Å². The van der Waals surface area contributed by atoms with Crippen LogP contribution in [0.15, 0.2) is 72.8 Å². The number of carbonyl (C=O) groups is 1. The van der Waals surface area contributed by atoms with Gasteiger partial charge in [0.25, 0.3) is 0 Å². The first-order chi connectivity index (χ1) is 20.5. The zero-order valence-corrected chi connectivity index (χ0v) is 27.2. The largest absolute Gasteiger partial charge is 0.493 e. The highest BCUT2D eigenvalue weighted by atomic mass is 32.1. The quantitative estimate of drug-likeness (QED) is 0.166. The van der Waals surface area contributed by atoms with Gasteiger partial charge in [0.15, 0.2) is 5.05 Å². The van der Waals surface area contributed by atoms with Crippen LogP contribution in [0.2, 0.25) is 0 Å². The zero-order chi connectivity index (χ0) is 30.9. The Hall–Kier alpha value is -3.38. The molecule has 0 spiro atoms. The van der Waals surface area contributed by atoms with E-state index in [1.54, 1.807) is 6.92 Å². The number of ether oxygens (including phenoxy) is 3. The molecule has 0 heterocycles. The fraction of sp³-hybridized carbons (Fsp3) is 0.459. The third-order valence-electron chi connectivity index (χ3n) is 8.35. The molecule has 1 aliphatic rings. The van der Waals surface area contributed by atoms with Crippen molar-refractivity contribution in [3.63, 3.8) is 0 Å². The lowest BCUT2D eigenvalue weighted by Crippen LogP contribution is -2.39. The van der Waals surface area contributed by atoms with E-state index in [0.29, 0.717) is 30.6 Å². The number of nitrogens with one attached hydrogen (secondary N) is 1. The predicted octanol–water partition coefficient (Wildman–Crippen LogP) is 8.83. The summed E-state index contributed by atoms with van der Waals surface area (Å²) in [5.41, 5.74) is 3.23. The Morgan fingerprint density at radius 2 is 1.37 bits per heavy atom. The van der Waals surface area contributed by atoms with Crippen LogP contribution in [0.4, 0.5) is 5.69 Å². The van der Waals surface area contributed by atoms with E-state index in [9.17, 15) is 4.79 Å². The molecule has 0 aliphatic heterocycles. The van der Waals surface area contributed by atoms with E-state index in [1.165, 1.54) is 37.7 Å². The molecule has 6 heteroatoms. The van der Waals surface area contributed by atoms with E-state index >= 15 is 0 Å². The third kappa shape index (κ3) is 9.56. The molecule has 5 nitrogen and oxygen atoms in total. The van der Waals surface area contributed by atoms with Crippen molar-refractivity contribution in [2.45, 2.75) is 84.0 Å². The molecule has 0 radical (unpaired) electrons. The fourth-order valence-corrected chi connectivity index (χ4v) is 5.66. The summed E-state index contributed by atoms with van der Waals surface area (Å²) in [6.07, 6.45) is 6.99. The lowest BCUT2D eigenvalue weighted by molar-refractivity contribution is -0.121. The Bertz CT molecular complexity index is 1320. The molecule has 0 unspecified atom stereocenters. The van der Waals surface area contributed by atoms with E-state index in [1.807, 2.05) is 55.5 Å². The molecule has 3 aromatic rings. The van der Waals surface area contributed by atoms with Gasteiger partial charge in [-0.1, -0.05) is 76.4 Å². The van der Waals surface area contributed by atoms with E-state index in [2.05, 4.69) is 50.4 Å². The Morgan fingerprint density at radius 3 is 1.98 bits per heavy atom. The molecule has 1 atom stereocenters. The Balaban J connectivity index is 1.47. The van der Waals surface area contributed by atoms with E-state index < -0.39 is 5.41 Å². The topological polar surface area (TPSA) is 56.8 Å². The minimum atomic E-state index is -0.806. The average Bonchev–Trinajstić information content (AvgIpc) is 3.00. The molecule has 0 bridgehead atoms. The van der Waals surface area contributed by atoms with Crippen LogP contribution in [0.25, 0.3) is 0 Å². The first-order valence-corrected chi connectivity index (χ1v) is 15.9. The average molecular weight is 602 g/mol. The van der Waals surface area contributed by atoms with Crippen LogP contribution in [0.1, 0.15) is 83.4 Å². The first-order valence-electron chi connectivity index (χ1n) is 15.5. The Labute approximate surface area is 263 Å². The summed E-state index contributed by atoms with van der Waals surface area (Å²) in [6.45, 7) is 11.9. The van der Waals surface area contributed by atoms with Crippen molar-refractivity contribution >= 4 is 28.9 Å². The molecule has 230 valence electrons. The molecular weight excluding hydrogens is 554 g/mol. The van der Waals surface area contributed by atoms with Gasteiger partial charge in [0.05, 0.1) is 12.0 Å². The molecule has 1 aliphatic carbocycles. The van der Waals surface area contributed by atoms with Gasteiger partial charge in [0, 0.05) is 12.6 Å². The summed E-state index contributed by atoms with van der Waals surface area (Å²) in [5, 5.41) is 3.70. The SMILES string of the molecule is CC(=S)OCCOc1ccc(C[C@](C)(C(=O)Nc2ccc(OCC3CCCCC3)cc2)c2ccc(C(C)(C)C)cc2)cc1. The summed E-state index contributed by atoms with van der Waals surface area (Å²) in [6, 6.07) is 24.1. The van der Waals surface area contributed by atoms with Gasteiger partial charge >= 0.3 is 0 Å². The summed E-state index contributed by atoms with van der Waals surface area (Å²) >= 11 is 4.94. The summed E-state index contributed by atoms with van der Waals surface area (Å²) in [5.74, 6) is 2.18. The number of hydrogen-bond acceptors (Lipinski definition) is 5. The minimum absolute atomic E-state index is 0.0287. The lowest BCUT2D eigenvalue weighted by atomic mass is 9.75. The number of rotatable bonds is 12. The summed E-state index contributed by atoms with van der Waals surface area (Å²) < 4.78 is 17.2. The van der Waals surface area contributed by atoms with Gasteiger partial charge in [-0.05, 0) is 103 Å². The maximum atomic E-state index is 14.0. The Morgan fingerprint density at radius 1 is 0.791 bits per heavy atom. The molecule has 1 amide bonds. The van der Waals surface area contributed by atoms with Gasteiger partial charge in [-0.3, -0.25) is 4.79 Å². The predicted molar refractivity (Wildman–Crippen MR) is 180 cm³/mol. The molecule has 1 fully saturated rings. The molecule has 43 heavy (non-hydrogen) atoms. The smallest absolute Gasteiger partial charge is 0.235 e. The number of thiocarbonyl (C=S) groups is 1. The van der Waals surface area contributed by atoms with Gasteiger partial charge in [-0.15, -0.1) is 0 Å². The van der Waals surface area contributed by atoms with Crippen molar-refractivity contribution in [3.8, 4) is 11.5 Å². The number of benzene rings is 3. The van der Waals surface area contributed by atoms with Gasteiger partial charge in [0.1, 0.15) is 24.7 Å². The van der Waals surface area contributed by atoms with Gasteiger partial charge in [0.2, 0.25) is 5.91 Å². The van der Waals surface area contributed by atoms with E-state index in [4.69, 9.17) is 26.4 Å². The van der Waals surface area contributed by atoms with Crippen molar-refractivity contribution < 1.29 is 19.0 Å². The normalized spacial score (nSPS) is 15.3.